The number of ether oxygens (including phenoxy) is 2. The Morgan fingerprint density at radius 3 is 2.64 bits per heavy atom. The summed E-state index contributed by atoms with van der Waals surface area (Å²) in [5.74, 6) is 0. The van der Waals surface area contributed by atoms with Gasteiger partial charge in [-0.3, -0.25) is 0 Å². The van der Waals surface area contributed by atoms with E-state index in [4.69, 9.17) is 9.47 Å². The monoisotopic (exact) mass is 201 g/mol. The van der Waals surface area contributed by atoms with Crippen molar-refractivity contribution < 1.29 is 9.47 Å². The minimum absolute atomic E-state index is 0.145. The third-order valence-electron chi connectivity index (χ3n) is 2.18. The van der Waals surface area contributed by atoms with E-state index in [2.05, 4.69) is 18.8 Å². The van der Waals surface area contributed by atoms with Crippen molar-refractivity contribution in [1.29, 1.82) is 0 Å². The molecule has 0 aromatic rings. The third-order valence-corrected chi connectivity index (χ3v) is 2.18. The maximum atomic E-state index is 5.24. The first-order chi connectivity index (χ1) is 6.74. The van der Waals surface area contributed by atoms with Crippen LogP contribution in [0.15, 0.2) is 12.7 Å². The third kappa shape index (κ3) is 7.06. The summed E-state index contributed by atoms with van der Waals surface area (Å²) < 4.78 is 10.3. The average Bonchev–Trinajstić information content (AvgIpc) is 2.21. The lowest BCUT2D eigenvalue weighted by atomic mass is 10.2. The summed E-state index contributed by atoms with van der Waals surface area (Å²) in [4.78, 5) is 0. The summed E-state index contributed by atoms with van der Waals surface area (Å²) in [5.41, 5.74) is 0. The molecule has 2 unspecified atom stereocenters. The van der Waals surface area contributed by atoms with E-state index in [0.717, 1.165) is 19.4 Å². The van der Waals surface area contributed by atoms with Crippen LogP contribution in [0.3, 0.4) is 0 Å². The molecule has 0 saturated heterocycles. The quantitative estimate of drug-likeness (QED) is 0.575. The molecular formula is C11H23NO2. The molecule has 0 aliphatic heterocycles. The molecule has 3 heteroatoms. The summed E-state index contributed by atoms with van der Waals surface area (Å²) in [6.07, 6.45) is 4.26. The highest BCUT2D eigenvalue weighted by Crippen LogP contribution is 1.97. The maximum absolute atomic E-state index is 5.24. The smallest absolute Gasteiger partial charge is 0.0928 e. The summed E-state index contributed by atoms with van der Waals surface area (Å²) in [6, 6.07) is 0.502. The normalized spacial score (nSPS) is 15.1. The van der Waals surface area contributed by atoms with Gasteiger partial charge in [-0.2, -0.15) is 0 Å². The lowest BCUT2D eigenvalue weighted by Crippen LogP contribution is -2.36. The van der Waals surface area contributed by atoms with Gasteiger partial charge in [-0.1, -0.05) is 6.08 Å². The number of allylic oxidation sites excluding steroid dienone is 1. The molecule has 1 N–H and O–H groups in total. The van der Waals surface area contributed by atoms with Gasteiger partial charge < -0.3 is 14.8 Å². The van der Waals surface area contributed by atoms with Gasteiger partial charge in [0, 0.05) is 26.8 Å². The molecule has 0 spiro atoms. The van der Waals surface area contributed by atoms with Gasteiger partial charge in [0.2, 0.25) is 0 Å². The molecule has 0 aliphatic carbocycles. The van der Waals surface area contributed by atoms with E-state index in [0.29, 0.717) is 12.6 Å². The van der Waals surface area contributed by atoms with Crippen molar-refractivity contribution in [2.45, 2.75) is 31.9 Å². The molecule has 0 aromatic heterocycles. The molecule has 0 bridgehead atoms. The number of methoxy groups -OCH3 is 2. The van der Waals surface area contributed by atoms with E-state index in [-0.39, 0.29) is 6.10 Å². The predicted molar refractivity (Wildman–Crippen MR) is 59.6 cm³/mol. The Labute approximate surface area is 87.5 Å². The first-order valence-corrected chi connectivity index (χ1v) is 5.10. The van der Waals surface area contributed by atoms with Crippen LogP contribution in [0.1, 0.15) is 19.8 Å². The van der Waals surface area contributed by atoms with E-state index in [9.17, 15) is 0 Å². The van der Waals surface area contributed by atoms with Crippen molar-refractivity contribution in [3.8, 4) is 0 Å². The highest BCUT2D eigenvalue weighted by atomic mass is 16.5. The molecule has 0 radical (unpaired) electrons. The van der Waals surface area contributed by atoms with Crippen molar-refractivity contribution in [2.75, 3.05) is 27.4 Å². The van der Waals surface area contributed by atoms with E-state index in [1.54, 1.807) is 14.2 Å². The summed E-state index contributed by atoms with van der Waals surface area (Å²) >= 11 is 0. The van der Waals surface area contributed by atoms with Crippen molar-refractivity contribution in [3.05, 3.63) is 12.7 Å². The largest absolute Gasteiger partial charge is 0.382 e. The summed E-state index contributed by atoms with van der Waals surface area (Å²) in [5, 5.41) is 3.40. The fraction of sp³-hybridized carbons (Fsp3) is 0.818. The van der Waals surface area contributed by atoms with Crippen molar-refractivity contribution >= 4 is 0 Å². The zero-order valence-corrected chi connectivity index (χ0v) is 9.58. The zero-order valence-electron chi connectivity index (χ0n) is 9.58. The highest BCUT2D eigenvalue weighted by Gasteiger charge is 2.08. The van der Waals surface area contributed by atoms with Crippen LogP contribution in [0, 0.1) is 0 Å². The van der Waals surface area contributed by atoms with E-state index < -0.39 is 0 Å². The van der Waals surface area contributed by atoms with Gasteiger partial charge >= 0.3 is 0 Å². The van der Waals surface area contributed by atoms with Gasteiger partial charge in [-0.25, -0.2) is 0 Å². The first-order valence-electron chi connectivity index (χ1n) is 5.10. The molecule has 0 aliphatic rings. The fourth-order valence-corrected chi connectivity index (χ4v) is 1.20. The highest BCUT2D eigenvalue weighted by molar-refractivity contribution is 4.72. The molecule has 0 aromatic carbocycles. The molecular weight excluding hydrogens is 178 g/mol. The van der Waals surface area contributed by atoms with Crippen LogP contribution >= 0.6 is 0 Å². The minimum Gasteiger partial charge on any atom is -0.382 e. The van der Waals surface area contributed by atoms with Crippen LogP contribution in [-0.2, 0) is 9.47 Å². The lowest BCUT2D eigenvalue weighted by Gasteiger charge is -2.18. The SMILES string of the molecule is C=CCCC(C)NCC(COC)OC. The number of rotatable bonds is 9. The molecule has 0 rings (SSSR count). The van der Waals surface area contributed by atoms with Crippen molar-refractivity contribution in [1.82, 2.24) is 5.32 Å². The second kappa shape index (κ2) is 9.19. The molecule has 84 valence electrons. The Balaban J connectivity index is 3.51. The fourth-order valence-electron chi connectivity index (χ4n) is 1.20. The van der Waals surface area contributed by atoms with Crippen LogP contribution in [-0.4, -0.2) is 39.5 Å². The topological polar surface area (TPSA) is 30.5 Å². The van der Waals surface area contributed by atoms with Crippen molar-refractivity contribution in [3.63, 3.8) is 0 Å². The molecule has 14 heavy (non-hydrogen) atoms. The standard InChI is InChI=1S/C11H23NO2/c1-5-6-7-10(2)12-8-11(14-4)9-13-3/h5,10-12H,1,6-9H2,2-4H3. The number of hydrogen-bond acceptors (Lipinski definition) is 3. The zero-order chi connectivity index (χ0) is 10.8. The molecule has 0 saturated carbocycles. The Kier molecular flexibility index (Phi) is 8.94. The minimum atomic E-state index is 0.145. The number of hydrogen-bond donors (Lipinski definition) is 1. The molecule has 0 heterocycles. The van der Waals surface area contributed by atoms with E-state index in [1.807, 2.05) is 6.08 Å². The summed E-state index contributed by atoms with van der Waals surface area (Å²) in [7, 11) is 3.40. The Hall–Kier alpha value is -0.380. The average molecular weight is 201 g/mol. The van der Waals surface area contributed by atoms with E-state index in [1.165, 1.54) is 0 Å². The number of nitrogens with one attached hydrogen (secondary N) is 1. The van der Waals surface area contributed by atoms with Gasteiger partial charge in [0.05, 0.1) is 12.7 Å². The predicted octanol–water partition coefficient (Wildman–Crippen LogP) is 1.59. The lowest BCUT2D eigenvalue weighted by molar-refractivity contribution is 0.0275. The van der Waals surface area contributed by atoms with Gasteiger partial charge in [-0.15, -0.1) is 6.58 Å². The molecule has 0 fully saturated rings. The van der Waals surface area contributed by atoms with Crippen molar-refractivity contribution in [2.24, 2.45) is 0 Å². The van der Waals surface area contributed by atoms with Gasteiger partial charge in [0.1, 0.15) is 0 Å². The van der Waals surface area contributed by atoms with Crippen LogP contribution in [0.25, 0.3) is 0 Å². The van der Waals surface area contributed by atoms with Gasteiger partial charge in [0.15, 0.2) is 0 Å². The molecule has 3 nitrogen and oxygen atoms in total. The van der Waals surface area contributed by atoms with Crippen LogP contribution in [0.4, 0.5) is 0 Å². The molecule has 0 amide bonds. The Morgan fingerprint density at radius 2 is 2.14 bits per heavy atom. The second-order valence-corrected chi connectivity index (χ2v) is 3.49. The first kappa shape index (κ1) is 13.6. The van der Waals surface area contributed by atoms with E-state index >= 15 is 0 Å². The Morgan fingerprint density at radius 1 is 1.43 bits per heavy atom. The Bertz CT molecular complexity index is 139. The van der Waals surface area contributed by atoms with Crippen LogP contribution < -0.4 is 5.32 Å². The van der Waals surface area contributed by atoms with Gasteiger partial charge in [0.25, 0.3) is 0 Å². The van der Waals surface area contributed by atoms with Crippen LogP contribution in [0.5, 0.6) is 0 Å². The summed E-state index contributed by atoms with van der Waals surface area (Å²) in [6.45, 7) is 7.34. The second-order valence-electron chi connectivity index (χ2n) is 3.49. The maximum Gasteiger partial charge on any atom is 0.0928 e. The molecule has 2 atom stereocenters. The van der Waals surface area contributed by atoms with Gasteiger partial charge in [-0.05, 0) is 19.8 Å². The van der Waals surface area contributed by atoms with Crippen LogP contribution in [0.2, 0.25) is 0 Å².